The lowest BCUT2D eigenvalue weighted by Crippen LogP contribution is -2.39. The van der Waals surface area contributed by atoms with Crippen LogP contribution in [0.25, 0.3) is 0 Å². The zero-order valence-electron chi connectivity index (χ0n) is 16.2. The maximum atomic E-state index is 13.0. The van der Waals surface area contributed by atoms with E-state index in [0.717, 1.165) is 5.56 Å². The molecule has 140 valence electrons. The number of rotatable bonds is 6. The number of nitrogens with one attached hydrogen (secondary N) is 1. The molecule has 1 N–H and O–H groups in total. The van der Waals surface area contributed by atoms with Crippen molar-refractivity contribution in [3.63, 3.8) is 0 Å². The van der Waals surface area contributed by atoms with Crippen molar-refractivity contribution in [1.82, 2.24) is 19.8 Å². The summed E-state index contributed by atoms with van der Waals surface area (Å²) in [6.07, 6.45) is 1.40. The Morgan fingerprint density at radius 2 is 1.77 bits per heavy atom. The Morgan fingerprint density at radius 3 is 2.31 bits per heavy atom. The zero-order chi connectivity index (χ0) is 19.3. The first kappa shape index (κ1) is 19.8. The highest BCUT2D eigenvalue weighted by Gasteiger charge is 2.23. The topological polar surface area (TPSA) is 69.3 Å². The molecule has 1 heterocycles. The normalized spacial score (nSPS) is 11.6. The number of carbonyl (C=O) groups is 1. The van der Waals surface area contributed by atoms with E-state index in [1.807, 2.05) is 70.1 Å². The van der Waals surface area contributed by atoms with Gasteiger partial charge in [-0.05, 0) is 19.7 Å². The smallest absolute Gasteiger partial charge is 0.263 e. The molecule has 2 aromatic rings. The highest BCUT2D eigenvalue weighted by Crippen LogP contribution is 2.16. The molecule has 0 aliphatic heterocycles. The first-order chi connectivity index (χ1) is 12.2. The lowest BCUT2D eigenvalue weighted by Gasteiger charge is -2.24. The number of nitrogens with zero attached hydrogens (tertiary/aromatic N) is 3. The summed E-state index contributed by atoms with van der Waals surface area (Å²) in [6.45, 7) is 7.59. The van der Waals surface area contributed by atoms with Crippen molar-refractivity contribution < 1.29 is 4.79 Å². The maximum Gasteiger partial charge on any atom is 0.263 e. The fourth-order valence-corrected chi connectivity index (χ4v) is 2.48. The van der Waals surface area contributed by atoms with Crippen molar-refractivity contribution in [3.8, 4) is 0 Å². The molecule has 0 spiro atoms. The maximum absolute atomic E-state index is 13.0. The van der Waals surface area contributed by atoms with Crippen LogP contribution in [-0.2, 0) is 12.0 Å². The minimum absolute atomic E-state index is 0.0766. The number of amides is 1. The van der Waals surface area contributed by atoms with Crippen LogP contribution in [0.3, 0.4) is 0 Å². The number of H-pyrrole nitrogens is 1. The molecule has 0 atom stereocenters. The van der Waals surface area contributed by atoms with Gasteiger partial charge in [0, 0.05) is 31.2 Å². The predicted molar refractivity (Wildman–Crippen MR) is 103 cm³/mol. The Morgan fingerprint density at radius 1 is 1.12 bits per heavy atom. The Bertz CT molecular complexity index is 791. The third-order valence-electron chi connectivity index (χ3n) is 4.06. The highest BCUT2D eigenvalue weighted by molar-refractivity contribution is 5.93. The summed E-state index contributed by atoms with van der Waals surface area (Å²) in [5, 5.41) is 0. The summed E-state index contributed by atoms with van der Waals surface area (Å²) in [5.41, 5.74) is 0.427. The quantitative estimate of drug-likeness (QED) is 0.862. The summed E-state index contributed by atoms with van der Waals surface area (Å²) in [4.78, 5) is 36.2. The van der Waals surface area contributed by atoms with Crippen LogP contribution in [-0.4, -0.2) is 52.9 Å². The van der Waals surface area contributed by atoms with Crippen LogP contribution in [0.5, 0.6) is 0 Å². The van der Waals surface area contributed by atoms with E-state index in [-0.39, 0.29) is 16.9 Å². The number of carbonyl (C=O) groups excluding carboxylic acids is 1. The van der Waals surface area contributed by atoms with Crippen molar-refractivity contribution >= 4 is 5.91 Å². The van der Waals surface area contributed by atoms with E-state index in [2.05, 4.69) is 9.97 Å². The summed E-state index contributed by atoms with van der Waals surface area (Å²) < 4.78 is 0. The van der Waals surface area contributed by atoms with Crippen LogP contribution in [0.2, 0.25) is 0 Å². The molecule has 0 saturated heterocycles. The molecule has 2 rings (SSSR count). The van der Waals surface area contributed by atoms with Crippen LogP contribution in [0.1, 0.15) is 42.5 Å². The van der Waals surface area contributed by atoms with Crippen molar-refractivity contribution in [2.24, 2.45) is 0 Å². The van der Waals surface area contributed by atoms with Crippen molar-refractivity contribution in [3.05, 3.63) is 63.8 Å². The standard InChI is InChI=1S/C20H28N4O2/c1-20(2,3)19-21-13-16(17(25)22-19)18(26)24(12-11-23(4)5)14-15-9-7-6-8-10-15/h6-10,13H,11-12,14H2,1-5H3,(H,21,22,25). The van der Waals surface area contributed by atoms with Gasteiger partial charge >= 0.3 is 0 Å². The summed E-state index contributed by atoms with van der Waals surface area (Å²) in [7, 11) is 3.91. The van der Waals surface area contributed by atoms with Gasteiger partial charge < -0.3 is 14.8 Å². The van der Waals surface area contributed by atoms with E-state index in [1.165, 1.54) is 6.20 Å². The molecule has 0 unspecified atom stereocenters. The van der Waals surface area contributed by atoms with Gasteiger partial charge in [0.2, 0.25) is 0 Å². The van der Waals surface area contributed by atoms with Crippen LogP contribution in [0.15, 0.2) is 41.3 Å². The zero-order valence-corrected chi connectivity index (χ0v) is 16.2. The second-order valence-corrected chi connectivity index (χ2v) is 7.74. The SMILES string of the molecule is CN(C)CCN(Cc1ccccc1)C(=O)c1cnc(C(C)(C)C)[nH]c1=O. The molecule has 0 aliphatic rings. The number of aromatic nitrogens is 2. The minimum atomic E-state index is -0.391. The van der Waals surface area contributed by atoms with Gasteiger partial charge in [-0.1, -0.05) is 51.1 Å². The van der Waals surface area contributed by atoms with E-state index >= 15 is 0 Å². The number of hydrogen-bond donors (Lipinski definition) is 1. The van der Waals surface area contributed by atoms with Crippen LogP contribution < -0.4 is 5.56 Å². The second kappa shape index (κ2) is 8.27. The molecule has 1 amide bonds. The van der Waals surface area contributed by atoms with E-state index in [4.69, 9.17) is 0 Å². The van der Waals surface area contributed by atoms with E-state index in [9.17, 15) is 9.59 Å². The molecule has 0 saturated carbocycles. The third kappa shape index (κ3) is 5.26. The van der Waals surface area contributed by atoms with E-state index in [0.29, 0.717) is 25.5 Å². The van der Waals surface area contributed by atoms with Crippen molar-refractivity contribution in [2.45, 2.75) is 32.7 Å². The Balaban J connectivity index is 2.29. The van der Waals surface area contributed by atoms with Gasteiger partial charge in [0.05, 0.1) is 0 Å². The Labute approximate surface area is 154 Å². The van der Waals surface area contributed by atoms with Crippen LogP contribution >= 0.6 is 0 Å². The number of likely N-dealkylation sites (N-methyl/N-ethyl adjacent to an activating group) is 1. The van der Waals surface area contributed by atoms with Crippen molar-refractivity contribution in [2.75, 3.05) is 27.2 Å². The summed E-state index contributed by atoms with van der Waals surface area (Å²) >= 11 is 0. The minimum Gasteiger partial charge on any atom is -0.333 e. The highest BCUT2D eigenvalue weighted by atomic mass is 16.2. The molecule has 0 radical (unpaired) electrons. The Kier molecular flexibility index (Phi) is 6.32. The summed E-state index contributed by atoms with van der Waals surface area (Å²) in [6, 6.07) is 9.77. The molecular weight excluding hydrogens is 328 g/mol. The van der Waals surface area contributed by atoms with Crippen LogP contribution in [0.4, 0.5) is 0 Å². The lowest BCUT2D eigenvalue weighted by atomic mass is 9.96. The first-order valence-electron chi connectivity index (χ1n) is 8.76. The van der Waals surface area contributed by atoms with Gasteiger partial charge in [-0.2, -0.15) is 0 Å². The molecule has 0 aliphatic carbocycles. The van der Waals surface area contributed by atoms with Gasteiger partial charge in [-0.3, -0.25) is 9.59 Å². The monoisotopic (exact) mass is 356 g/mol. The number of benzene rings is 1. The van der Waals surface area contributed by atoms with Gasteiger partial charge in [0.25, 0.3) is 11.5 Å². The number of aromatic amines is 1. The largest absolute Gasteiger partial charge is 0.333 e. The van der Waals surface area contributed by atoms with Gasteiger partial charge in [0.1, 0.15) is 11.4 Å². The average Bonchev–Trinajstić information content (AvgIpc) is 2.58. The molecule has 0 fully saturated rings. The molecular formula is C20H28N4O2. The molecule has 1 aromatic carbocycles. The molecule has 1 aromatic heterocycles. The second-order valence-electron chi connectivity index (χ2n) is 7.74. The first-order valence-corrected chi connectivity index (χ1v) is 8.76. The third-order valence-corrected chi connectivity index (χ3v) is 4.06. The van der Waals surface area contributed by atoms with Gasteiger partial charge in [-0.25, -0.2) is 4.98 Å². The predicted octanol–water partition coefficient (Wildman–Crippen LogP) is 2.27. The van der Waals surface area contributed by atoms with Crippen LogP contribution in [0, 0.1) is 0 Å². The lowest BCUT2D eigenvalue weighted by molar-refractivity contribution is 0.0729. The Hall–Kier alpha value is -2.47. The van der Waals surface area contributed by atoms with E-state index in [1.54, 1.807) is 4.90 Å². The van der Waals surface area contributed by atoms with Crippen molar-refractivity contribution in [1.29, 1.82) is 0 Å². The number of hydrogen-bond acceptors (Lipinski definition) is 4. The molecule has 6 nitrogen and oxygen atoms in total. The molecule has 26 heavy (non-hydrogen) atoms. The van der Waals surface area contributed by atoms with E-state index < -0.39 is 5.56 Å². The fourth-order valence-electron chi connectivity index (χ4n) is 2.48. The van der Waals surface area contributed by atoms with Gasteiger partial charge in [-0.15, -0.1) is 0 Å². The molecule has 6 heteroatoms. The average molecular weight is 356 g/mol. The van der Waals surface area contributed by atoms with Gasteiger partial charge in [0.15, 0.2) is 0 Å². The fraction of sp³-hybridized carbons (Fsp3) is 0.450. The molecule has 0 bridgehead atoms. The summed E-state index contributed by atoms with van der Waals surface area (Å²) in [5.74, 6) is 0.270.